The van der Waals surface area contributed by atoms with Gasteiger partial charge < -0.3 is 10.6 Å². The fraction of sp³-hybridized carbons (Fsp3) is 0.571. The predicted octanol–water partition coefficient (Wildman–Crippen LogP) is 2.96. The molecule has 0 saturated heterocycles. The van der Waals surface area contributed by atoms with Gasteiger partial charge in [-0.05, 0) is 33.3 Å². The van der Waals surface area contributed by atoms with Crippen LogP contribution in [0.4, 0.5) is 11.4 Å². The monoisotopic (exact) mass is 265 g/mol. The summed E-state index contributed by atoms with van der Waals surface area (Å²) in [5.41, 5.74) is 1.83. The second-order valence-corrected chi connectivity index (χ2v) is 5.56. The molecule has 0 aliphatic rings. The van der Waals surface area contributed by atoms with Crippen molar-refractivity contribution in [2.75, 3.05) is 18.4 Å². The van der Waals surface area contributed by atoms with Crippen molar-refractivity contribution in [3.05, 3.63) is 33.9 Å². The Bertz CT molecular complexity index is 439. The number of rotatable bonds is 6. The van der Waals surface area contributed by atoms with Crippen molar-refractivity contribution >= 4 is 11.4 Å². The highest BCUT2D eigenvalue weighted by Gasteiger charge is 2.13. The Morgan fingerprint density at radius 1 is 1.26 bits per heavy atom. The maximum atomic E-state index is 11.0. The predicted molar refractivity (Wildman–Crippen MR) is 78.7 cm³/mol. The molecule has 0 fully saturated rings. The lowest BCUT2D eigenvalue weighted by molar-refractivity contribution is -0.385. The van der Waals surface area contributed by atoms with Crippen molar-refractivity contribution in [2.45, 2.75) is 39.7 Å². The highest BCUT2D eigenvalue weighted by atomic mass is 16.6. The summed E-state index contributed by atoms with van der Waals surface area (Å²) in [6.07, 6.45) is 0.669. The Labute approximate surface area is 114 Å². The Balaban J connectivity index is 2.60. The van der Waals surface area contributed by atoms with Gasteiger partial charge in [0.05, 0.1) is 4.92 Å². The summed E-state index contributed by atoms with van der Waals surface area (Å²) in [6, 6.07) is 5.32. The second kappa shape index (κ2) is 6.52. The first-order valence-corrected chi connectivity index (χ1v) is 6.59. The van der Waals surface area contributed by atoms with E-state index < -0.39 is 0 Å². The topological polar surface area (TPSA) is 67.2 Å². The maximum absolute atomic E-state index is 11.0. The van der Waals surface area contributed by atoms with E-state index in [0.717, 1.165) is 24.3 Å². The summed E-state index contributed by atoms with van der Waals surface area (Å²) in [7, 11) is 0. The first-order chi connectivity index (χ1) is 8.83. The van der Waals surface area contributed by atoms with Crippen LogP contribution < -0.4 is 10.6 Å². The van der Waals surface area contributed by atoms with Crippen LogP contribution in [0.1, 0.15) is 33.3 Å². The fourth-order valence-corrected chi connectivity index (χ4v) is 1.79. The third-order valence-corrected chi connectivity index (χ3v) is 2.77. The smallest absolute Gasteiger partial charge is 0.274 e. The molecule has 0 aliphatic carbocycles. The Kier molecular flexibility index (Phi) is 5.30. The molecule has 1 aromatic carbocycles. The Hall–Kier alpha value is -1.62. The van der Waals surface area contributed by atoms with E-state index in [4.69, 9.17) is 0 Å². The molecule has 0 atom stereocenters. The van der Waals surface area contributed by atoms with Gasteiger partial charge in [0.15, 0.2) is 0 Å². The quantitative estimate of drug-likeness (QED) is 0.471. The van der Waals surface area contributed by atoms with E-state index in [2.05, 4.69) is 31.4 Å². The van der Waals surface area contributed by atoms with Gasteiger partial charge in [0.25, 0.3) is 5.69 Å². The summed E-state index contributed by atoms with van der Waals surface area (Å²) in [6.45, 7) is 9.78. The summed E-state index contributed by atoms with van der Waals surface area (Å²) >= 11 is 0. The summed E-state index contributed by atoms with van der Waals surface area (Å²) < 4.78 is 0. The molecule has 1 aromatic rings. The third-order valence-electron chi connectivity index (χ3n) is 2.77. The van der Waals surface area contributed by atoms with Gasteiger partial charge in [-0.25, -0.2) is 0 Å². The molecule has 0 radical (unpaired) electrons. The van der Waals surface area contributed by atoms with Crippen molar-refractivity contribution in [2.24, 2.45) is 0 Å². The summed E-state index contributed by atoms with van der Waals surface area (Å²) in [4.78, 5) is 10.6. The zero-order valence-electron chi connectivity index (χ0n) is 12.1. The molecule has 0 spiro atoms. The average molecular weight is 265 g/mol. The molecule has 1 rings (SSSR count). The molecule has 0 aromatic heterocycles. The highest BCUT2D eigenvalue weighted by molar-refractivity contribution is 5.55. The number of nitro groups is 1. The van der Waals surface area contributed by atoms with Gasteiger partial charge in [-0.1, -0.05) is 13.0 Å². The van der Waals surface area contributed by atoms with E-state index in [9.17, 15) is 10.1 Å². The number of aryl methyl sites for hydroxylation is 1. The minimum absolute atomic E-state index is 0.0831. The van der Waals surface area contributed by atoms with Crippen LogP contribution in [0, 0.1) is 10.1 Å². The van der Waals surface area contributed by atoms with E-state index in [1.807, 2.05) is 19.1 Å². The Morgan fingerprint density at radius 3 is 2.47 bits per heavy atom. The van der Waals surface area contributed by atoms with Crippen molar-refractivity contribution in [1.82, 2.24) is 5.32 Å². The molecule has 0 aliphatic heterocycles. The number of nitrogens with zero attached hydrogens (tertiary/aromatic N) is 1. The van der Waals surface area contributed by atoms with Gasteiger partial charge in [-0.3, -0.25) is 10.1 Å². The Morgan fingerprint density at radius 2 is 1.95 bits per heavy atom. The van der Waals surface area contributed by atoms with Gasteiger partial charge in [0.2, 0.25) is 0 Å². The van der Waals surface area contributed by atoms with E-state index in [0.29, 0.717) is 6.42 Å². The summed E-state index contributed by atoms with van der Waals surface area (Å²) in [5.74, 6) is 0. The summed E-state index contributed by atoms with van der Waals surface area (Å²) in [5, 5.41) is 17.5. The van der Waals surface area contributed by atoms with Crippen LogP contribution in [0.15, 0.2) is 18.2 Å². The van der Waals surface area contributed by atoms with E-state index in [1.165, 1.54) is 0 Å². The van der Waals surface area contributed by atoms with Gasteiger partial charge in [-0.2, -0.15) is 0 Å². The zero-order chi connectivity index (χ0) is 14.5. The van der Waals surface area contributed by atoms with Crippen LogP contribution >= 0.6 is 0 Å². The SMILES string of the molecule is CCc1ccc(NCCNC(C)(C)C)cc1[N+](=O)[O-]. The third kappa shape index (κ3) is 5.26. The fourth-order valence-electron chi connectivity index (χ4n) is 1.79. The molecular formula is C14H23N3O2. The van der Waals surface area contributed by atoms with E-state index in [1.54, 1.807) is 6.07 Å². The lowest BCUT2D eigenvalue weighted by atomic mass is 10.1. The lowest BCUT2D eigenvalue weighted by Gasteiger charge is -2.20. The van der Waals surface area contributed by atoms with Crippen LogP contribution in [0.2, 0.25) is 0 Å². The molecule has 0 amide bonds. The standard InChI is InChI=1S/C14H23N3O2/c1-5-11-6-7-12(10-13(11)17(18)19)15-8-9-16-14(2,3)4/h6-7,10,15-16H,5,8-9H2,1-4H3. The van der Waals surface area contributed by atoms with Gasteiger partial charge in [-0.15, -0.1) is 0 Å². The molecule has 0 unspecified atom stereocenters. The van der Waals surface area contributed by atoms with E-state index >= 15 is 0 Å². The van der Waals surface area contributed by atoms with Crippen molar-refractivity contribution < 1.29 is 4.92 Å². The van der Waals surface area contributed by atoms with Gasteiger partial charge in [0, 0.05) is 35.9 Å². The molecule has 2 N–H and O–H groups in total. The molecular weight excluding hydrogens is 242 g/mol. The first-order valence-electron chi connectivity index (χ1n) is 6.59. The van der Waals surface area contributed by atoms with Crippen molar-refractivity contribution in [3.63, 3.8) is 0 Å². The number of hydrogen-bond donors (Lipinski definition) is 2. The largest absolute Gasteiger partial charge is 0.384 e. The van der Waals surface area contributed by atoms with Crippen LogP contribution in [-0.2, 0) is 6.42 Å². The molecule has 0 saturated carbocycles. The molecule has 106 valence electrons. The number of benzene rings is 1. The second-order valence-electron chi connectivity index (χ2n) is 5.56. The first kappa shape index (κ1) is 15.4. The van der Waals surface area contributed by atoms with Gasteiger partial charge >= 0.3 is 0 Å². The molecule has 0 heterocycles. The normalized spacial score (nSPS) is 11.4. The molecule has 0 bridgehead atoms. The minimum Gasteiger partial charge on any atom is -0.384 e. The van der Waals surface area contributed by atoms with Crippen LogP contribution in [-0.4, -0.2) is 23.6 Å². The minimum atomic E-state index is -0.322. The number of hydrogen-bond acceptors (Lipinski definition) is 4. The maximum Gasteiger partial charge on any atom is 0.274 e. The van der Waals surface area contributed by atoms with Crippen LogP contribution in [0.3, 0.4) is 0 Å². The molecule has 5 heteroatoms. The number of nitro benzene ring substituents is 1. The van der Waals surface area contributed by atoms with Crippen LogP contribution in [0.5, 0.6) is 0 Å². The number of nitrogens with one attached hydrogen (secondary N) is 2. The molecule has 5 nitrogen and oxygen atoms in total. The molecule has 19 heavy (non-hydrogen) atoms. The van der Waals surface area contributed by atoms with Crippen molar-refractivity contribution in [3.8, 4) is 0 Å². The zero-order valence-corrected chi connectivity index (χ0v) is 12.1. The highest BCUT2D eigenvalue weighted by Crippen LogP contribution is 2.23. The van der Waals surface area contributed by atoms with E-state index in [-0.39, 0.29) is 16.1 Å². The van der Waals surface area contributed by atoms with Crippen LogP contribution in [0.25, 0.3) is 0 Å². The number of anilines is 1. The lowest BCUT2D eigenvalue weighted by Crippen LogP contribution is -2.38. The van der Waals surface area contributed by atoms with Crippen molar-refractivity contribution in [1.29, 1.82) is 0 Å². The average Bonchev–Trinajstić information content (AvgIpc) is 2.33. The van der Waals surface area contributed by atoms with Gasteiger partial charge in [0.1, 0.15) is 0 Å².